The number of urea groups is 1. The fraction of sp³-hybridized carbons (Fsp3) is 0.214. The Bertz CT molecular complexity index is 603. The number of anilines is 1. The summed E-state index contributed by atoms with van der Waals surface area (Å²) >= 11 is 6.96. The van der Waals surface area contributed by atoms with Gasteiger partial charge in [0.2, 0.25) is 0 Å². The minimum Gasteiger partial charge on any atom is -0.307 e. The lowest BCUT2D eigenvalue weighted by Gasteiger charge is -2.23. The molecule has 1 aromatic heterocycles. The topological polar surface area (TPSA) is 32.3 Å². The van der Waals surface area contributed by atoms with Crippen molar-refractivity contribution in [3.63, 3.8) is 0 Å². The molecule has 104 valence electrons. The molecule has 0 radical (unpaired) electrons. The van der Waals surface area contributed by atoms with E-state index in [-0.39, 0.29) is 11.4 Å². The van der Waals surface area contributed by atoms with Crippen molar-refractivity contribution in [2.75, 3.05) is 17.6 Å². The van der Waals surface area contributed by atoms with Crippen molar-refractivity contribution in [1.82, 2.24) is 4.90 Å². The number of carbonyl (C=O) groups excluding carboxylic acids is 1. The number of rotatable bonds is 2. The molecule has 1 aromatic carbocycles. The van der Waals surface area contributed by atoms with Gasteiger partial charge in [-0.05, 0) is 39.5 Å². The molecule has 0 saturated carbocycles. The van der Waals surface area contributed by atoms with Crippen molar-refractivity contribution >= 4 is 50.7 Å². The Morgan fingerprint density at radius 3 is 2.90 bits per heavy atom. The Morgan fingerprint density at radius 1 is 1.30 bits per heavy atom. The Hall–Kier alpha value is -0.980. The van der Waals surface area contributed by atoms with E-state index in [1.807, 2.05) is 47.0 Å². The summed E-state index contributed by atoms with van der Waals surface area (Å²) in [4.78, 5) is 15.6. The maximum atomic E-state index is 12.5. The fourth-order valence-electron chi connectivity index (χ4n) is 2.10. The molecular formula is C14H13BrN2OS2. The number of carbonyl (C=O) groups is 1. The summed E-state index contributed by atoms with van der Waals surface area (Å²) in [6, 6.07) is 11.7. The monoisotopic (exact) mass is 368 g/mol. The average Bonchev–Trinajstić information content (AvgIpc) is 3.11. The first kappa shape index (κ1) is 14.0. The summed E-state index contributed by atoms with van der Waals surface area (Å²) < 4.78 is 0.896. The highest BCUT2D eigenvalue weighted by Crippen LogP contribution is 2.40. The number of para-hydroxylation sites is 1. The third-order valence-electron chi connectivity index (χ3n) is 3.05. The minimum atomic E-state index is -0.0414. The Kier molecular flexibility index (Phi) is 4.33. The normalized spacial score (nSPS) is 18.2. The van der Waals surface area contributed by atoms with Crippen LogP contribution >= 0.6 is 39.0 Å². The van der Waals surface area contributed by atoms with E-state index >= 15 is 0 Å². The minimum absolute atomic E-state index is 0.0414. The van der Waals surface area contributed by atoms with Crippen LogP contribution in [0.15, 0.2) is 46.3 Å². The highest BCUT2D eigenvalue weighted by Gasteiger charge is 2.31. The van der Waals surface area contributed by atoms with Crippen molar-refractivity contribution in [2.45, 2.75) is 5.37 Å². The largest absolute Gasteiger partial charge is 0.323 e. The lowest BCUT2D eigenvalue weighted by atomic mass is 10.3. The second kappa shape index (κ2) is 6.20. The van der Waals surface area contributed by atoms with E-state index < -0.39 is 0 Å². The van der Waals surface area contributed by atoms with Gasteiger partial charge in [-0.15, -0.1) is 23.1 Å². The molecule has 3 nitrogen and oxygen atoms in total. The van der Waals surface area contributed by atoms with Crippen LogP contribution in [0.2, 0.25) is 0 Å². The molecule has 20 heavy (non-hydrogen) atoms. The van der Waals surface area contributed by atoms with Gasteiger partial charge in [-0.3, -0.25) is 0 Å². The number of amides is 2. The van der Waals surface area contributed by atoms with Gasteiger partial charge in [0.1, 0.15) is 5.37 Å². The lowest BCUT2D eigenvalue weighted by Crippen LogP contribution is -2.34. The van der Waals surface area contributed by atoms with E-state index in [0.717, 1.165) is 22.5 Å². The Labute approximate surface area is 134 Å². The molecule has 1 fully saturated rings. The molecular weight excluding hydrogens is 356 g/mol. The quantitative estimate of drug-likeness (QED) is 0.826. The van der Waals surface area contributed by atoms with Crippen LogP contribution in [0.1, 0.15) is 10.3 Å². The van der Waals surface area contributed by atoms with E-state index in [1.54, 1.807) is 11.3 Å². The lowest BCUT2D eigenvalue weighted by molar-refractivity contribution is 0.215. The van der Waals surface area contributed by atoms with Gasteiger partial charge < -0.3 is 10.2 Å². The summed E-state index contributed by atoms with van der Waals surface area (Å²) in [7, 11) is 0. The predicted octanol–water partition coefficient (Wildman–Crippen LogP) is 4.79. The highest BCUT2D eigenvalue weighted by molar-refractivity contribution is 9.10. The molecule has 1 aliphatic heterocycles. The molecule has 2 amide bonds. The number of thioether (sulfide) groups is 1. The summed E-state index contributed by atoms with van der Waals surface area (Å²) in [6.45, 7) is 0.781. The van der Waals surface area contributed by atoms with E-state index in [0.29, 0.717) is 0 Å². The van der Waals surface area contributed by atoms with E-state index in [4.69, 9.17) is 0 Å². The van der Waals surface area contributed by atoms with Crippen LogP contribution in [0.25, 0.3) is 0 Å². The van der Waals surface area contributed by atoms with Gasteiger partial charge in [0.25, 0.3) is 0 Å². The third kappa shape index (κ3) is 2.87. The fourth-order valence-corrected chi connectivity index (χ4v) is 4.71. The predicted molar refractivity (Wildman–Crippen MR) is 89.4 cm³/mol. The second-order valence-electron chi connectivity index (χ2n) is 4.34. The number of nitrogens with zero attached hydrogens (tertiary/aromatic N) is 1. The van der Waals surface area contributed by atoms with Crippen molar-refractivity contribution in [2.24, 2.45) is 0 Å². The zero-order chi connectivity index (χ0) is 13.9. The summed E-state index contributed by atoms with van der Waals surface area (Å²) in [5, 5.41) is 5.17. The van der Waals surface area contributed by atoms with Crippen LogP contribution < -0.4 is 5.32 Å². The number of benzene rings is 1. The zero-order valence-corrected chi connectivity index (χ0v) is 13.8. The van der Waals surface area contributed by atoms with Gasteiger partial charge in [0.05, 0.1) is 5.69 Å². The van der Waals surface area contributed by atoms with Crippen LogP contribution in [-0.2, 0) is 0 Å². The first-order chi connectivity index (χ1) is 9.75. The Balaban J connectivity index is 1.75. The van der Waals surface area contributed by atoms with Gasteiger partial charge in [-0.2, -0.15) is 0 Å². The molecule has 0 spiro atoms. The maximum absolute atomic E-state index is 12.5. The van der Waals surface area contributed by atoms with E-state index in [2.05, 4.69) is 32.7 Å². The zero-order valence-electron chi connectivity index (χ0n) is 10.6. The molecule has 1 unspecified atom stereocenters. The van der Waals surface area contributed by atoms with Gasteiger partial charge in [0.15, 0.2) is 0 Å². The molecule has 1 aliphatic rings. The van der Waals surface area contributed by atoms with Crippen molar-refractivity contribution < 1.29 is 4.79 Å². The summed E-state index contributed by atoms with van der Waals surface area (Å²) in [5.41, 5.74) is 0.805. The van der Waals surface area contributed by atoms with Crippen LogP contribution in [0.3, 0.4) is 0 Å². The first-order valence-electron chi connectivity index (χ1n) is 6.23. The molecule has 1 N–H and O–H groups in total. The molecule has 2 aromatic rings. The van der Waals surface area contributed by atoms with Crippen LogP contribution in [0.4, 0.5) is 10.5 Å². The standard InChI is InChI=1S/C14H13BrN2OS2/c15-10-4-1-2-5-11(10)16-14(18)17-7-9-20-13(17)12-6-3-8-19-12/h1-6,8,13H,7,9H2,(H,16,18). The number of thiophene rings is 1. The number of hydrogen-bond acceptors (Lipinski definition) is 3. The van der Waals surface area contributed by atoms with Crippen LogP contribution in [-0.4, -0.2) is 23.2 Å². The molecule has 3 rings (SSSR count). The molecule has 1 saturated heterocycles. The SMILES string of the molecule is O=C(Nc1ccccc1Br)N1CCSC1c1cccs1. The van der Waals surface area contributed by atoms with Crippen LogP contribution in [0, 0.1) is 0 Å². The second-order valence-corrected chi connectivity index (χ2v) is 7.36. The van der Waals surface area contributed by atoms with Crippen molar-refractivity contribution in [3.8, 4) is 0 Å². The van der Waals surface area contributed by atoms with Gasteiger partial charge in [0, 0.05) is 21.6 Å². The van der Waals surface area contributed by atoms with Gasteiger partial charge in [-0.25, -0.2) is 4.79 Å². The number of halogens is 1. The molecule has 0 bridgehead atoms. The molecule has 0 aliphatic carbocycles. The summed E-state index contributed by atoms with van der Waals surface area (Å²) in [5.74, 6) is 0.978. The maximum Gasteiger partial charge on any atom is 0.323 e. The van der Waals surface area contributed by atoms with Crippen molar-refractivity contribution in [3.05, 3.63) is 51.1 Å². The third-order valence-corrected chi connectivity index (χ3v) is 6.06. The smallest absolute Gasteiger partial charge is 0.307 e. The first-order valence-corrected chi connectivity index (χ1v) is 8.95. The average molecular weight is 369 g/mol. The molecule has 1 atom stereocenters. The number of hydrogen-bond donors (Lipinski definition) is 1. The van der Waals surface area contributed by atoms with Gasteiger partial charge in [-0.1, -0.05) is 18.2 Å². The Morgan fingerprint density at radius 2 is 2.15 bits per heavy atom. The number of nitrogens with one attached hydrogen (secondary N) is 1. The molecule has 6 heteroatoms. The summed E-state index contributed by atoms with van der Waals surface area (Å²) in [6.07, 6.45) is 0. The van der Waals surface area contributed by atoms with Gasteiger partial charge >= 0.3 is 6.03 Å². The highest BCUT2D eigenvalue weighted by atomic mass is 79.9. The molecule has 2 heterocycles. The van der Waals surface area contributed by atoms with Crippen LogP contribution in [0.5, 0.6) is 0 Å². The van der Waals surface area contributed by atoms with Crippen molar-refractivity contribution in [1.29, 1.82) is 0 Å². The van der Waals surface area contributed by atoms with E-state index in [9.17, 15) is 4.79 Å². The van der Waals surface area contributed by atoms with E-state index in [1.165, 1.54) is 4.88 Å².